The maximum atomic E-state index is 5.47. The molecule has 0 aliphatic heterocycles. The van der Waals surface area contributed by atoms with Crippen LogP contribution in [0.25, 0.3) is 6.08 Å². The van der Waals surface area contributed by atoms with Crippen molar-refractivity contribution in [3.63, 3.8) is 0 Å². The molecule has 18 heavy (non-hydrogen) atoms. The van der Waals surface area contributed by atoms with Crippen molar-refractivity contribution in [2.45, 2.75) is 19.8 Å². The van der Waals surface area contributed by atoms with Gasteiger partial charge < -0.3 is 4.42 Å². The zero-order valence-electron chi connectivity index (χ0n) is 10.7. The second-order valence-electron chi connectivity index (χ2n) is 4.31. The van der Waals surface area contributed by atoms with Gasteiger partial charge in [0.2, 0.25) is 0 Å². The second kappa shape index (κ2) is 6.06. The molecule has 2 rings (SSSR count). The topological polar surface area (TPSA) is 13.1 Å². The quantitative estimate of drug-likeness (QED) is 0.695. The molecule has 0 fully saturated rings. The van der Waals surface area contributed by atoms with E-state index in [1.54, 1.807) is 0 Å². The molecular formula is C17H18O. The molecule has 0 aliphatic carbocycles. The summed E-state index contributed by atoms with van der Waals surface area (Å²) in [5, 5.41) is 0. The third kappa shape index (κ3) is 3.01. The summed E-state index contributed by atoms with van der Waals surface area (Å²) in [7, 11) is 0. The molecule has 92 valence electrons. The SMILES string of the molecule is C=CCc1c(C/C=C/c2ccccc2)coc1C. The molecule has 0 unspecified atom stereocenters. The Balaban J connectivity index is 2.06. The second-order valence-corrected chi connectivity index (χ2v) is 4.31. The van der Waals surface area contributed by atoms with Gasteiger partial charge in [-0.25, -0.2) is 0 Å². The van der Waals surface area contributed by atoms with Gasteiger partial charge in [0.05, 0.1) is 6.26 Å². The normalized spacial score (nSPS) is 10.9. The van der Waals surface area contributed by atoms with Crippen molar-refractivity contribution in [2.24, 2.45) is 0 Å². The van der Waals surface area contributed by atoms with E-state index in [1.165, 1.54) is 16.7 Å². The molecule has 0 atom stereocenters. The van der Waals surface area contributed by atoms with Crippen LogP contribution in [0.4, 0.5) is 0 Å². The summed E-state index contributed by atoms with van der Waals surface area (Å²) >= 11 is 0. The first-order chi connectivity index (χ1) is 8.81. The first-order valence-electron chi connectivity index (χ1n) is 6.19. The van der Waals surface area contributed by atoms with Gasteiger partial charge in [-0.15, -0.1) is 6.58 Å². The molecule has 0 saturated carbocycles. The Kier molecular flexibility index (Phi) is 4.19. The Morgan fingerprint density at radius 1 is 1.17 bits per heavy atom. The fraction of sp³-hybridized carbons (Fsp3) is 0.176. The van der Waals surface area contributed by atoms with Gasteiger partial charge in [-0.3, -0.25) is 0 Å². The van der Waals surface area contributed by atoms with Gasteiger partial charge in [-0.2, -0.15) is 0 Å². The zero-order chi connectivity index (χ0) is 12.8. The molecule has 1 nitrogen and oxygen atoms in total. The molecule has 1 heterocycles. The summed E-state index contributed by atoms with van der Waals surface area (Å²) < 4.78 is 5.47. The number of benzene rings is 1. The third-order valence-corrected chi connectivity index (χ3v) is 2.99. The first kappa shape index (κ1) is 12.4. The highest BCUT2D eigenvalue weighted by Crippen LogP contribution is 2.18. The van der Waals surface area contributed by atoms with E-state index < -0.39 is 0 Å². The third-order valence-electron chi connectivity index (χ3n) is 2.99. The fourth-order valence-corrected chi connectivity index (χ4v) is 2.00. The Bertz CT molecular complexity index is 532. The van der Waals surface area contributed by atoms with E-state index in [0.717, 1.165) is 18.6 Å². The highest BCUT2D eigenvalue weighted by Gasteiger charge is 2.06. The van der Waals surface area contributed by atoms with Crippen LogP contribution in [0.3, 0.4) is 0 Å². The van der Waals surface area contributed by atoms with Crippen LogP contribution >= 0.6 is 0 Å². The molecule has 1 aromatic heterocycles. The number of hydrogen-bond acceptors (Lipinski definition) is 1. The van der Waals surface area contributed by atoms with Crippen LogP contribution in [0.1, 0.15) is 22.5 Å². The van der Waals surface area contributed by atoms with E-state index in [1.807, 2.05) is 37.5 Å². The number of furan rings is 1. The van der Waals surface area contributed by atoms with Crippen molar-refractivity contribution < 1.29 is 4.42 Å². The molecule has 1 aromatic carbocycles. The highest BCUT2D eigenvalue weighted by molar-refractivity contribution is 5.49. The molecule has 0 saturated heterocycles. The predicted molar refractivity (Wildman–Crippen MR) is 76.5 cm³/mol. The van der Waals surface area contributed by atoms with Crippen LogP contribution in [0.15, 0.2) is 59.7 Å². The molecule has 0 aliphatic rings. The van der Waals surface area contributed by atoms with E-state index in [-0.39, 0.29) is 0 Å². The lowest BCUT2D eigenvalue weighted by molar-refractivity contribution is 0.529. The van der Waals surface area contributed by atoms with Crippen LogP contribution in [0.2, 0.25) is 0 Å². The van der Waals surface area contributed by atoms with Crippen molar-refractivity contribution >= 4 is 6.08 Å². The van der Waals surface area contributed by atoms with E-state index >= 15 is 0 Å². The molecule has 0 spiro atoms. The fourth-order valence-electron chi connectivity index (χ4n) is 2.00. The van der Waals surface area contributed by atoms with Crippen LogP contribution < -0.4 is 0 Å². The summed E-state index contributed by atoms with van der Waals surface area (Å²) in [6.45, 7) is 5.79. The van der Waals surface area contributed by atoms with Crippen molar-refractivity contribution in [1.29, 1.82) is 0 Å². The molecule has 2 aromatic rings. The molecule has 0 N–H and O–H groups in total. The largest absolute Gasteiger partial charge is 0.469 e. The minimum atomic E-state index is 0.872. The number of aryl methyl sites for hydroxylation is 1. The lowest BCUT2D eigenvalue weighted by Crippen LogP contribution is -1.88. The van der Waals surface area contributed by atoms with Crippen molar-refractivity contribution in [2.75, 3.05) is 0 Å². The van der Waals surface area contributed by atoms with Crippen LogP contribution in [0, 0.1) is 6.92 Å². The summed E-state index contributed by atoms with van der Waals surface area (Å²) in [5.41, 5.74) is 3.74. The Morgan fingerprint density at radius 3 is 2.67 bits per heavy atom. The first-order valence-corrected chi connectivity index (χ1v) is 6.19. The van der Waals surface area contributed by atoms with Crippen molar-refractivity contribution in [3.05, 3.63) is 77.8 Å². The minimum absolute atomic E-state index is 0.872. The van der Waals surface area contributed by atoms with E-state index in [2.05, 4.69) is 30.9 Å². The minimum Gasteiger partial charge on any atom is -0.469 e. The van der Waals surface area contributed by atoms with Crippen molar-refractivity contribution in [3.8, 4) is 0 Å². The van der Waals surface area contributed by atoms with Gasteiger partial charge >= 0.3 is 0 Å². The van der Waals surface area contributed by atoms with Gasteiger partial charge in [0.15, 0.2) is 0 Å². The zero-order valence-corrected chi connectivity index (χ0v) is 10.7. The van der Waals surface area contributed by atoms with Gasteiger partial charge in [0.25, 0.3) is 0 Å². The molecule has 0 radical (unpaired) electrons. The molecule has 1 heteroatoms. The van der Waals surface area contributed by atoms with Crippen LogP contribution in [-0.2, 0) is 12.8 Å². The number of rotatable bonds is 5. The Labute approximate surface area is 108 Å². The van der Waals surface area contributed by atoms with E-state index in [4.69, 9.17) is 4.42 Å². The molecule has 0 amide bonds. The van der Waals surface area contributed by atoms with Crippen LogP contribution in [0.5, 0.6) is 0 Å². The van der Waals surface area contributed by atoms with Gasteiger partial charge in [0.1, 0.15) is 5.76 Å². The summed E-state index contributed by atoms with van der Waals surface area (Å²) in [5.74, 6) is 0.998. The predicted octanol–water partition coefficient (Wildman–Crippen LogP) is 4.57. The lowest BCUT2D eigenvalue weighted by Gasteiger charge is -1.98. The van der Waals surface area contributed by atoms with Crippen molar-refractivity contribution in [1.82, 2.24) is 0 Å². The number of hydrogen-bond donors (Lipinski definition) is 0. The maximum Gasteiger partial charge on any atom is 0.104 e. The van der Waals surface area contributed by atoms with E-state index in [9.17, 15) is 0 Å². The smallest absolute Gasteiger partial charge is 0.104 e. The average molecular weight is 238 g/mol. The number of allylic oxidation sites excluding steroid dienone is 2. The molecular weight excluding hydrogens is 220 g/mol. The highest BCUT2D eigenvalue weighted by atomic mass is 16.3. The van der Waals surface area contributed by atoms with Gasteiger partial charge in [-0.1, -0.05) is 48.6 Å². The summed E-state index contributed by atoms with van der Waals surface area (Å²) in [6.07, 6.45) is 9.85. The van der Waals surface area contributed by atoms with Gasteiger partial charge in [-0.05, 0) is 30.9 Å². The average Bonchev–Trinajstić information content (AvgIpc) is 2.73. The Hall–Kier alpha value is -2.02. The monoisotopic (exact) mass is 238 g/mol. The summed E-state index contributed by atoms with van der Waals surface area (Å²) in [6, 6.07) is 10.3. The maximum absolute atomic E-state index is 5.47. The standard InChI is InChI=1S/C17H18O/c1-3-8-17-14(2)18-13-16(17)12-7-11-15-9-5-4-6-10-15/h3-7,9-11,13H,1,8,12H2,2H3/b11-7+. The van der Waals surface area contributed by atoms with Crippen LogP contribution in [-0.4, -0.2) is 0 Å². The summed E-state index contributed by atoms with van der Waals surface area (Å²) in [4.78, 5) is 0. The van der Waals surface area contributed by atoms with Gasteiger partial charge in [0, 0.05) is 5.56 Å². The lowest BCUT2D eigenvalue weighted by atomic mass is 10.0. The Morgan fingerprint density at radius 2 is 1.94 bits per heavy atom. The van der Waals surface area contributed by atoms with E-state index in [0.29, 0.717) is 0 Å². The molecule has 0 bridgehead atoms.